The maximum absolute atomic E-state index is 12.5. The zero-order valence-corrected chi connectivity index (χ0v) is 12.1. The van der Waals surface area contributed by atoms with Crippen LogP contribution in [0.3, 0.4) is 0 Å². The van der Waals surface area contributed by atoms with Crippen molar-refractivity contribution < 1.29 is 14.3 Å². The molecule has 1 heterocycles. The summed E-state index contributed by atoms with van der Waals surface area (Å²) in [5.74, 6) is -0.724. The number of ether oxygens (including phenoxy) is 1. The van der Waals surface area contributed by atoms with Crippen molar-refractivity contribution in [1.29, 1.82) is 0 Å². The number of aromatic nitrogens is 1. The number of nitrogens with zero attached hydrogens (tertiary/aromatic N) is 1. The highest BCUT2D eigenvalue weighted by molar-refractivity contribution is 7.12. The molecule has 1 aromatic heterocycles. The van der Waals surface area contributed by atoms with E-state index in [0.717, 1.165) is 22.5 Å². The average molecular weight is 300 g/mol. The number of rotatable bonds is 3. The first-order valence-corrected chi connectivity index (χ1v) is 7.15. The van der Waals surface area contributed by atoms with Gasteiger partial charge in [-0.25, -0.2) is 9.78 Å². The summed E-state index contributed by atoms with van der Waals surface area (Å²) in [6.07, 6.45) is 2.54. The number of anilines is 1. The molecule has 0 saturated heterocycles. The van der Waals surface area contributed by atoms with Gasteiger partial charge in [-0.15, -0.1) is 11.3 Å². The Kier molecular flexibility index (Phi) is 3.31. The summed E-state index contributed by atoms with van der Waals surface area (Å²) in [5.41, 5.74) is 9.10. The van der Waals surface area contributed by atoms with E-state index in [2.05, 4.69) is 9.72 Å². The number of benzene rings is 1. The van der Waals surface area contributed by atoms with Gasteiger partial charge in [-0.2, -0.15) is 0 Å². The van der Waals surface area contributed by atoms with Crippen LogP contribution in [-0.2, 0) is 11.2 Å². The van der Waals surface area contributed by atoms with Crippen molar-refractivity contribution in [2.45, 2.75) is 6.42 Å². The quantitative estimate of drug-likeness (QED) is 0.534. The second kappa shape index (κ2) is 5.14. The monoisotopic (exact) mass is 300 g/mol. The van der Waals surface area contributed by atoms with Crippen molar-refractivity contribution >= 4 is 34.3 Å². The van der Waals surface area contributed by atoms with Gasteiger partial charge < -0.3 is 10.5 Å². The largest absolute Gasteiger partial charge is 0.464 e. The minimum Gasteiger partial charge on any atom is -0.464 e. The summed E-state index contributed by atoms with van der Waals surface area (Å²) < 4.78 is 4.59. The van der Waals surface area contributed by atoms with Crippen LogP contribution in [0.1, 0.15) is 31.4 Å². The highest BCUT2D eigenvalue weighted by atomic mass is 32.1. The first-order chi connectivity index (χ1) is 10.1. The lowest BCUT2D eigenvalue weighted by Gasteiger charge is -2.04. The van der Waals surface area contributed by atoms with E-state index in [9.17, 15) is 9.59 Å². The lowest BCUT2D eigenvalue weighted by Crippen LogP contribution is -2.05. The number of nitrogen functional groups attached to an aromatic ring is 1. The minimum atomic E-state index is -0.543. The second-order valence-corrected chi connectivity index (χ2v) is 5.46. The molecule has 0 fully saturated rings. The fourth-order valence-electron chi connectivity index (χ4n) is 2.27. The molecule has 0 unspecified atom stereocenters. The maximum Gasteiger partial charge on any atom is 0.357 e. The van der Waals surface area contributed by atoms with E-state index in [-0.39, 0.29) is 16.5 Å². The normalized spacial score (nSPS) is 12.7. The Labute approximate surface area is 125 Å². The van der Waals surface area contributed by atoms with E-state index in [4.69, 9.17) is 5.73 Å². The van der Waals surface area contributed by atoms with Gasteiger partial charge in [0.15, 0.2) is 10.7 Å². The Hall–Kier alpha value is -2.47. The highest BCUT2D eigenvalue weighted by Crippen LogP contribution is 2.32. The molecule has 0 bridgehead atoms. The molecule has 0 radical (unpaired) electrons. The van der Waals surface area contributed by atoms with Crippen LogP contribution in [0.5, 0.6) is 0 Å². The Morgan fingerprint density at radius 3 is 2.95 bits per heavy atom. The van der Waals surface area contributed by atoms with Crippen LogP contribution in [0, 0.1) is 0 Å². The predicted molar refractivity (Wildman–Crippen MR) is 80.3 cm³/mol. The van der Waals surface area contributed by atoms with Gasteiger partial charge in [-0.05, 0) is 29.7 Å². The van der Waals surface area contributed by atoms with E-state index in [0.29, 0.717) is 17.7 Å². The average Bonchev–Trinajstić information content (AvgIpc) is 3.12. The van der Waals surface area contributed by atoms with Crippen molar-refractivity contribution in [3.8, 4) is 0 Å². The number of methoxy groups -OCH3 is 1. The number of fused-ring (bicyclic) bond motifs is 1. The molecule has 0 amide bonds. The maximum atomic E-state index is 12.5. The summed E-state index contributed by atoms with van der Waals surface area (Å²) in [5, 5.41) is 1.81. The van der Waals surface area contributed by atoms with Gasteiger partial charge in [0.1, 0.15) is 0 Å². The van der Waals surface area contributed by atoms with Crippen LogP contribution in [0.25, 0.3) is 5.57 Å². The van der Waals surface area contributed by atoms with Gasteiger partial charge in [-0.1, -0.05) is 12.1 Å². The Balaban J connectivity index is 1.91. The Bertz CT molecular complexity index is 777. The Morgan fingerprint density at radius 1 is 1.38 bits per heavy atom. The number of carbonyl (C=O) groups is 2. The van der Waals surface area contributed by atoms with Crippen molar-refractivity contribution in [2.24, 2.45) is 0 Å². The van der Waals surface area contributed by atoms with Crippen LogP contribution < -0.4 is 5.73 Å². The lowest BCUT2D eigenvalue weighted by atomic mass is 10.0. The summed E-state index contributed by atoms with van der Waals surface area (Å²) in [4.78, 5) is 27.9. The fraction of sp³-hybridized carbons (Fsp3) is 0.133. The predicted octanol–water partition coefficient (Wildman–Crippen LogP) is 2.33. The summed E-state index contributed by atoms with van der Waals surface area (Å²) in [6.45, 7) is 0. The smallest absolute Gasteiger partial charge is 0.357 e. The van der Waals surface area contributed by atoms with Crippen molar-refractivity contribution in [2.75, 3.05) is 12.8 Å². The first kappa shape index (κ1) is 13.5. The molecule has 0 atom stereocenters. The van der Waals surface area contributed by atoms with Gasteiger partial charge in [0.05, 0.1) is 7.11 Å². The number of hydrogen-bond acceptors (Lipinski definition) is 6. The third-order valence-electron chi connectivity index (χ3n) is 3.28. The van der Waals surface area contributed by atoms with Gasteiger partial charge in [0.25, 0.3) is 0 Å². The first-order valence-electron chi connectivity index (χ1n) is 6.27. The molecule has 2 N–H and O–H groups in total. The molecule has 106 valence electrons. The Morgan fingerprint density at radius 2 is 2.19 bits per heavy atom. The van der Waals surface area contributed by atoms with Crippen molar-refractivity contribution in [3.05, 3.63) is 51.5 Å². The number of thiazole rings is 1. The summed E-state index contributed by atoms with van der Waals surface area (Å²) >= 11 is 1.14. The molecular formula is C15H12N2O3S. The second-order valence-electron chi connectivity index (χ2n) is 4.60. The van der Waals surface area contributed by atoms with Gasteiger partial charge in [0, 0.05) is 16.6 Å². The molecule has 2 aromatic rings. The molecular weight excluding hydrogens is 288 g/mol. The molecule has 21 heavy (non-hydrogen) atoms. The molecule has 3 rings (SSSR count). The van der Waals surface area contributed by atoms with Crippen molar-refractivity contribution in [3.63, 3.8) is 0 Å². The minimum absolute atomic E-state index is 0.155. The van der Waals surface area contributed by atoms with Crippen LogP contribution >= 0.6 is 11.3 Å². The van der Waals surface area contributed by atoms with E-state index in [1.807, 2.05) is 18.2 Å². The molecule has 1 aliphatic carbocycles. The number of ketones is 1. The molecule has 1 aromatic carbocycles. The van der Waals surface area contributed by atoms with Gasteiger partial charge in [-0.3, -0.25) is 4.79 Å². The van der Waals surface area contributed by atoms with Crippen LogP contribution in [-0.4, -0.2) is 23.8 Å². The molecule has 1 aliphatic rings. The number of Topliss-reactive ketones (excluding diaryl/α,β-unsaturated/α-hetero) is 1. The van der Waals surface area contributed by atoms with Gasteiger partial charge >= 0.3 is 5.97 Å². The third-order valence-corrected chi connectivity index (χ3v) is 4.12. The van der Waals surface area contributed by atoms with E-state index in [1.54, 1.807) is 6.07 Å². The zero-order chi connectivity index (χ0) is 15.0. The topological polar surface area (TPSA) is 82.3 Å². The van der Waals surface area contributed by atoms with E-state index >= 15 is 0 Å². The summed E-state index contributed by atoms with van der Waals surface area (Å²) in [6, 6.07) is 5.48. The highest BCUT2D eigenvalue weighted by Gasteiger charge is 2.24. The molecule has 5 nitrogen and oxygen atoms in total. The zero-order valence-electron chi connectivity index (χ0n) is 11.3. The van der Waals surface area contributed by atoms with Crippen LogP contribution in [0.4, 0.5) is 5.69 Å². The molecule has 0 spiro atoms. The summed E-state index contributed by atoms with van der Waals surface area (Å²) in [7, 11) is 1.28. The van der Waals surface area contributed by atoms with Crippen molar-refractivity contribution in [1.82, 2.24) is 4.98 Å². The number of allylic oxidation sites excluding steroid dienone is 2. The van der Waals surface area contributed by atoms with Crippen LogP contribution in [0.2, 0.25) is 0 Å². The van der Waals surface area contributed by atoms with E-state index in [1.165, 1.54) is 12.5 Å². The van der Waals surface area contributed by atoms with Gasteiger partial charge in [0.2, 0.25) is 5.78 Å². The molecule has 0 saturated carbocycles. The standard InChI is InChI=1S/C15H12N2O3S/c1-20-15(19)12-7-21-14(17-12)13(18)11-4-2-8-6-9(16)3-5-10(8)11/h3-7H,2,16H2,1H3. The fourth-order valence-corrected chi connectivity index (χ4v) is 3.01. The van der Waals surface area contributed by atoms with Crippen LogP contribution in [0.15, 0.2) is 29.7 Å². The number of nitrogens with two attached hydrogens (primary N) is 1. The number of carbonyl (C=O) groups excluding carboxylic acids is 2. The lowest BCUT2D eigenvalue weighted by molar-refractivity contribution is 0.0595. The third kappa shape index (κ3) is 2.34. The SMILES string of the molecule is COC(=O)c1csc(C(=O)C2=CCc3cc(N)ccc32)n1. The number of esters is 1. The molecule has 6 heteroatoms. The number of hydrogen-bond donors (Lipinski definition) is 1. The molecule has 0 aliphatic heterocycles. The van der Waals surface area contributed by atoms with E-state index < -0.39 is 5.97 Å².